The van der Waals surface area contributed by atoms with Gasteiger partial charge in [-0.15, -0.1) is 0 Å². The number of ether oxygens (including phenoxy) is 1. The van der Waals surface area contributed by atoms with Crippen molar-refractivity contribution in [1.29, 1.82) is 0 Å². The van der Waals surface area contributed by atoms with Gasteiger partial charge in [-0.25, -0.2) is 0 Å². The number of nitrogens with one attached hydrogen (secondary N) is 1. The van der Waals surface area contributed by atoms with Crippen LogP contribution in [-0.4, -0.2) is 56.7 Å². The highest BCUT2D eigenvalue weighted by atomic mass is 16.5. The topological polar surface area (TPSA) is 27.7 Å². The summed E-state index contributed by atoms with van der Waals surface area (Å²) in [6.45, 7) is 15.1. The lowest BCUT2D eigenvalue weighted by molar-refractivity contribution is 0.0613. The van der Waals surface area contributed by atoms with Gasteiger partial charge in [-0.1, -0.05) is 49.6 Å². The molecule has 1 aromatic rings. The number of allylic oxidation sites excluding steroid dienone is 2. The highest BCUT2D eigenvalue weighted by Gasteiger charge is 2.38. The zero-order valence-corrected chi connectivity index (χ0v) is 19.0. The molecule has 2 rings (SSSR count). The monoisotopic (exact) mass is 397 g/mol. The van der Waals surface area contributed by atoms with Gasteiger partial charge in [-0.2, -0.15) is 0 Å². The largest absolute Gasteiger partial charge is 0.489 e. The van der Waals surface area contributed by atoms with Crippen molar-refractivity contribution in [3.05, 3.63) is 72.2 Å². The number of hydrogen-bond donors (Lipinski definition) is 1. The van der Waals surface area contributed by atoms with Crippen LogP contribution in [0.4, 0.5) is 0 Å². The number of piperidine rings is 1. The van der Waals surface area contributed by atoms with Crippen LogP contribution in [0.3, 0.4) is 0 Å². The second-order valence-corrected chi connectivity index (χ2v) is 8.20. The summed E-state index contributed by atoms with van der Waals surface area (Å²) in [6, 6.07) is 10.9. The molecular weight excluding hydrogens is 358 g/mol. The quantitative estimate of drug-likeness (QED) is 0.464. The Morgan fingerprint density at radius 1 is 1.24 bits per heavy atom. The molecule has 1 saturated heterocycles. The minimum Gasteiger partial charge on any atom is -0.489 e. The number of nitrogens with zero attached hydrogens (tertiary/aromatic N) is 2. The molecule has 0 radical (unpaired) electrons. The summed E-state index contributed by atoms with van der Waals surface area (Å²) in [5, 5.41) is 3.19. The Morgan fingerprint density at radius 2 is 1.86 bits per heavy atom. The Labute approximate surface area is 177 Å². The van der Waals surface area contributed by atoms with Gasteiger partial charge in [-0.05, 0) is 65.5 Å². The van der Waals surface area contributed by atoms with Crippen LogP contribution in [0.2, 0.25) is 0 Å². The molecule has 0 unspecified atom stereocenters. The van der Waals surface area contributed by atoms with E-state index in [0.29, 0.717) is 0 Å². The summed E-state index contributed by atoms with van der Waals surface area (Å²) < 4.78 is 6.32. The second-order valence-electron chi connectivity index (χ2n) is 8.20. The molecule has 0 aromatic heterocycles. The SMILES string of the molecule is C=CC(=C)[C@@H](CCNC)O/C(C)=C(/C)N1CCC(c2ccccc2)(N(C)C)CC1. The molecule has 0 amide bonds. The first-order chi connectivity index (χ1) is 13.9. The third kappa shape index (κ3) is 5.52. The standard InChI is InChI=1S/C25H39N3O/c1-8-20(2)24(14-17-26-5)29-22(4)21(3)28-18-15-25(16-19-28,27(6)7)23-12-10-9-11-13-23/h8-13,24,26H,1-2,14-19H2,3-7H3/b22-21-/t24-/m1/s1. The normalized spacial score (nSPS) is 18.2. The fourth-order valence-corrected chi connectivity index (χ4v) is 4.20. The van der Waals surface area contributed by atoms with E-state index in [2.05, 4.69) is 86.5 Å². The van der Waals surface area contributed by atoms with Crippen LogP contribution in [0.15, 0.2) is 66.6 Å². The van der Waals surface area contributed by atoms with E-state index >= 15 is 0 Å². The van der Waals surface area contributed by atoms with Crippen molar-refractivity contribution < 1.29 is 4.74 Å². The van der Waals surface area contributed by atoms with E-state index in [4.69, 9.17) is 4.74 Å². The maximum atomic E-state index is 6.32. The van der Waals surface area contributed by atoms with E-state index < -0.39 is 0 Å². The maximum absolute atomic E-state index is 6.32. The van der Waals surface area contributed by atoms with Crippen LogP contribution in [0.5, 0.6) is 0 Å². The highest BCUT2D eigenvalue weighted by molar-refractivity contribution is 5.26. The lowest BCUT2D eigenvalue weighted by atomic mass is 9.79. The summed E-state index contributed by atoms with van der Waals surface area (Å²) in [5.74, 6) is 0.978. The Hall–Kier alpha value is -2.04. The molecule has 0 aliphatic carbocycles. The fourth-order valence-electron chi connectivity index (χ4n) is 4.20. The summed E-state index contributed by atoms with van der Waals surface area (Å²) in [6.07, 6.45) is 4.83. The molecule has 160 valence electrons. The van der Waals surface area contributed by atoms with Gasteiger partial charge in [-0.3, -0.25) is 4.90 Å². The number of hydrogen-bond acceptors (Lipinski definition) is 4. The van der Waals surface area contributed by atoms with E-state index in [0.717, 1.165) is 50.2 Å². The third-order valence-corrected chi connectivity index (χ3v) is 6.39. The maximum Gasteiger partial charge on any atom is 0.124 e. The molecule has 1 aromatic carbocycles. The van der Waals surface area contributed by atoms with Crippen LogP contribution in [-0.2, 0) is 10.3 Å². The van der Waals surface area contributed by atoms with E-state index in [9.17, 15) is 0 Å². The predicted molar refractivity (Wildman–Crippen MR) is 124 cm³/mol. The average molecular weight is 398 g/mol. The van der Waals surface area contributed by atoms with Crippen molar-refractivity contribution in [1.82, 2.24) is 15.1 Å². The van der Waals surface area contributed by atoms with Gasteiger partial charge < -0.3 is 15.0 Å². The minimum atomic E-state index is -0.0372. The van der Waals surface area contributed by atoms with E-state index in [1.54, 1.807) is 6.08 Å². The molecule has 1 fully saturated rings. The summed E-state index contributed by atoms with van der Waals surface area (Å²) in [7, 11) is 6.36. The Bertz CT molecular complexity index is 700. The molecule has 1 N–H and O–H groups in total. The first-order valence-corrected chi connectivity index (χ1v) is 10.6. The molecule has 4 heteroatoms. The third-order valence-electron chi connectivity index (χ3n) is 6.39. The van der Waals surface area contributed by atoms with Crippen LogP contribution in [0.1, 0.15) is 38.7 Å². The Morgan fingerprint density at radius 3 is 2.38 bits per heavy atom. The zero-order chi connectivity index (χ0) is 21.4. The molecule has 1 aliphatic rings. The fraction of sp³-hybridized carbons (Fsp3) is 0.520. The van der Waals surface area contributed by atoms with Crippen molar-refractivity contribution in [3.63, 3.8) is 0 Å². The van der Waals surface area contributed by atoms with E-state index in [-0.39, 0.29) is 11.6 Å². The number of likely N-dealkylation sites (tertiary alicyclic amines) is 1. The molecular formula is C25H39N3O. The lowest BCUT2D eigenvalue weighted by Gasteiger charge is -2.47. The summed E-state index contributed by atoms with van der Waals surface area (Å²) in [4.78, 5) is 4.86. The van der Waals surface area contributed by atoms with Crippen molar-refractivity contribution in [2.45, 2.75) is 44.8 Å². The molecule has 0 saturated carbocycles. The van der Waals surface area contributed by atoms with Crippen LogP contribution >= 0.6 is 0 Å². The number of benzene rings is 1. The van der Waals surface area contributed by atoms with Gasteiger partial charge in [0.1, 0.15) is 11.9 Å². The van der Waals surface area contributed by atoms with E-state index in [1.807, 2.05) is 7.05 Å². The van der Waals surface area contributed by atoms with Crippen LogP contribution in [0, 0.1) is 0 Å². The zero-order valence-electron chi connectivity index (χ0n) is 19.0. The van der Waals surface area contributed by atoms with Crippen molar-refractivity contribution in [2.24, 2.45) is 0 Å². The van der Waals surface area contributed by atoms with Gasteiger partial charge in [0.2, 0.25) is 0 Å². The smallest absolute Gasteiger partial charge is 0.124 e. The van der Waals surface area contributed by atoms with Crippen LogP contribution < -0.4 is 5.32 Å². The molecule has 4 nitrogen and oxygen atoms in total. The second kappa shape index (κ2) is 10.7. The Kier molecular flexibility index (Phi) is 8.54. The molecule has 1 aliphatic heterocycles. The lowest BCUT2D eigenvalue weighted by Crippen LogP contribution is -2.50. The van der Waals surface area contributed by atoms with Gasteiger partial charge >= 0.3 is 0 Å². The summed E-state index contributed by atoms with van der Waals surface area (Å²) >= 11 is 0. The predicted octanol–water partition coefficient (Wildman–Crippen LogP) is 4.53. The van der Waals surface area contributed by atoms with Gasteiger partial charge in [0.15, 0.2) is 0 Å². The van der Waals surface area contributed by atoms with E-state index in [1.165, 1.54) is 11.3 Å². The van der Waals surface area contributed by atoms with Gasteiger partial charge in [0, 0.05) is 30.7 Å². The van der Waals surface area contributed by atoms with Gasteiger partial charge in [0.05, 0.1) is 0 Å². The Balaban J connectivity index is 2.11. The van der Waals surface area contributed by atoms with Crippen molar-refractivity contribution in [2.75, 3.05) is 40.8 Å². The molecule has 0 bridgehead atoms. The molecule has 0 spiro atoms. The summed E-state index contributed by atoms with van der Waals surface area (Å²) in [5.41, 5.74) is 3.66. The molecule has 1 atom stereocenters. The van der Waals surface area contributed by atoms with Crippen molar-refractivity contribution in [3.8, 4) is 0 Å². The average Bonchev–Trinajstić information content (AvgIpc) is 2.75. The number of rotatable bonds is 10. The van der Waals surface area contributed by atoms with Crippen molar-refractivity contribution >= 4 is 0 Å². The minimum absolute atomic E-state index is 0.0372. The highest BCUT2D eigenvalue weighted by Crippen LogP contribution is 2.38. The first kappa shape index (κ1) is 23.2. The first-order valence-electron chi connectivity index (χ1n) is 10.6. The molecule has 29 heavy (non-hydrogen) atoms. The molecule has 1 heterocycles. The van der Waals surface area contributed by atoms with Crippen LogP contribution in [0.25, 0.3) is 0 Å². The van der Waals surface area contributed by atoms with Gasteiger partial charge in [0.25, 0.3) is 0 Å².